The van der Waals surface area contributed by atoms with Gasteiger partial charge in [-0.2, -0.15) is 0 Å². The highest BCUT2D eigenvalue weighted by Crippen LogP contribution is 2.33. The number of benzene rings is 2. The number of thiazole rings is 1. The SMILES string of the molecule is CCc1ccc(-c2nc(C)c(C(=O)Nc3cc(C(C)(C)C)ccc3OC)s2)cc1. The van der Waals surface area contributed by atoms with E-state index in [0.29, 0.717) is 16.3 Å². The van der Waals surface area contributed by atoms with Gasteiger partial charge in [0.1, 0.15) is 15.6 Å². The smallest absolute Gasteiger partial charge is 0.267 e. The minimum Gasteiger partial charge on any atom is -0.495 e. The lowest BCUT2D eigenvalue weighted by Gasteiger charge is -2.21. The lowest BCUT2D eigenvalue weighted by Crippen LogP contribution is -2.15. The number of hydrogen-bond acceptors (Lipinski definition) is 4. The van der Waals surface area contributed by atoms with Crippen LogP contribution in [0.1, 0.15) is 54.2 Å². The van der Waals surface area contributed by atoms with E-state index in [2.05, 4.69) is 62.3 Å². The van der Waals surface area contributed by atoms with Gasteiger partial charge < -0.3 is 10.1 Å². The van der Waals surface area contributed by atoms with Crippen molar-refractivity contribution in [3.8, 4) is 16.3 Å². The van der Waals surface area contributed by atoms with Crippen LogP contribution in [0.25, 0.3) is 10.6 Å². The summed E-state index contributed by atoms with van der Waals surface area (Å²) in [6, 6.07) is 14.3. The molecule has 0 aliphatic rings. The minimum atomic E-state index is -0.166. The van der Waals surface area contributed by atoms with Gasteiger partial charge >= 0.3 is 0 Å². The first-order valence-corrected chi connectivity index (χ1v) is 10.6. The number of aromatic nitrogens is 1. The number of nitrogens with zero attached hydrogens (tertiary/aromatic N) is 1. The maximum Gasteiger partial charge on any atom is 0.267 e. The average molecular weight is 409 g/mol. The Morgan fingerprint density at radius 3 is 2.41 bits per heavy atom. The predicted octanol–water partition coefficient (Wildman–Crippen LogP) is 6.24. The van der Waals surface area contributed by atoms with Crippen LogP contribution in [-0.4, -0.2) is 18.0 Å². The molecule has 0 saturated heterocycles. The third-order valence-electron chi connectivity index (χ3n) is 4.93. The summed E-state index contributed by atoms with van der Waals surface area (Å²) in [5.74, 6) is 0.477. The van der Waals surface area contributed by atoms with Crippen LogP contribution in [-0.2, 0) is 11.8 Å². The van der Waals surface area contributed by atoms with Crippen molar-refractivity contribution in [1.82, 2.24) is 4.98 Å². The van der Waals surface area contributed by atoms with Crippen molar-refractivity contribution < 1.29 is 9.53 Å². The molecule has 0 bridgehead atoms. The van der Waals surface area contributed by atoms with Gasteiger partial charge in [0.05, 0.1) is 18.5 Å². The number of carbonyl (C=O) groups excluding carboxylic acids is 1. The summed E-state index contributed by atoms with van der Waals surface area (Å²) in [5.41, 5.74) is 4.82. The van der Waals surface area contributed by atoms with Crippen molar-refractivity contribution in [2.24, 2.45) is 0 Å². The number of nitrogens with one attached hydrogen (secondary N) is 1. The van der Waals surface area contributed by atoms with Crippen molar-refractivity contribution in [2.45, 2.75) is 46.5 Å². The lowest BCUT2D eigenvalue weighted by molar-refractivity contribution is 0.102. The van der Waals surface area contributed by atoms with E-state index in [4.69, 9.17) is 4.74 Å². The zero-order valence-corrected chi connectivity index (χ0v) is 18.7. The van der Waals surface area contributed by atoms with Crippen LogP contribution >= 0.6 is 11.3 Å². The molecule has 0 aliphatic carbocycles. The molecule has 0 fully saturated rings. The summed E-state index contributed by atoms with van der Waals surface area (Å²) >= 11 is 1.41. The number of aryl methyl sites for hydroxylation is 2. The number of ether oxygens (including phenoxy) is 1. The molecule has 1 amide bonds. The number of hydrogen-bond donors (Lipinski definition) is 1. The van der Waals surface area contributed by atoms with E-state index in [0.717, 1.165) is 28.2 Å². The third-order valence-corrected chi connectivity index (χ3v) is 6.13. The van der Waals surface area contributed by atoms with E-state index in [9.17, 15) is 4.79 Å². The molecule has 1 heterocycles. The molecule has 0 spiro atoms. The molecule has 1 aromatic heterocycles. The standard InChI is InChI=1S/C24H28N2O2S/c1-7-16-8-10-17(11-9-16)23-25-15(2)21(29-23)22(27)26-19-14-18(24(3,4)5)12-13-20(19)28-6/h8-14H,7H2,1-6H3,(H,26,27). The van der Waals surface area contributed by atoms with Crippen molar-refractivity contribution in [3.63, 3.8) is 0 Å². The van der Waals surface area contributed by atoms with Gasteiger partial charge in [-0.15, -0.1) is 11.3 Å². The topological polar surface area (TPSA) is 51.2 Å². The van der Waals surface area contributed by atoms with Crippen molar-refractivity contribution in [2.75, 3.05) is 12.4 Å². The molecule has 3 aromatic rings. The van der Waals surface area contributed by atoms with Gasteiger partial charge in [-0.25, -0.2) is 4.98 Å². The Balaban J connectivity index is 1.89. The molecular formula is C24H28N2O2S. The highest BCUT2D eigenvalue weighted by atomic mass is 32.1. The molecule has 0 saturated carbocycles. The molecule has 1 N–H and O–H groups in total. The maximum atomic E-state index is 13.0. The number of amides is 1. The largest absolute Gasteiger partial charge is 0.495 e. The number of carbonyl (C=O) groups is 1. The first kappa shape index (κ1) is 21.1. The fourth-order valence-corrected chi connectivity index (χ4v) is 4.03. The first-order valence-electron chi connectivity index (χ1n) is 9.79. The Morgan fingerprint density at radius 2 is 1.83 bits per heavy atom. The van der Waals surface area contributed by atoms with E-state index < -0.39 is 0 Å². The monoisotopic (exact) mass is 408 g/mol. The van der Waals surface area contributed by atoms with E-state index in [1.54, 1.807) is 7.11 Å². The Bertz CT molecular complexity index is 1010. The summed E-state index contributed by atoms with van der Waals surface area (Å²) in [4.78, 5) is 18.3. The molecule has 0 radical (unpaired) electrons. The Hall–Kier alpha value is -2.66. The van der Waals surface area contributed by atoms with Gasteiger partial charge in [-0.3, -0.25) is 4.79 Å². The molecule has 2 aromatic carbocycles. The Morgan fingerprint density at radius 1 is 1.14 bits per heavy atom. The summed E-state index contributed by atoms with van der Waals surface area (Å²) < 4.78 is 5.45. The fourth-order valence-electron chi connectivity index (χ4n) is 3.06. The minimum absolute atomic E-state index is 0.0238. The van der Waals surface area contributed by atoms with Gasteiger partial charge in [0.25, 0.3) is 5.91 Å². The molecule has 3 rings (SSSR count). The molecular weight excluding hydrogens is 380 g/mol. The zero-order chi connectivity index (χ0) is 21.2. The lowest BCUT2D eigenvalue weighted by atomic mass is 9.87. The number of methoxy groups -OCH3 is 1. The van der Waals surface area contributed by atoms with Gasteiger partial charge in [-0.1, -0.05) is 58.0 Å². The second-order valence-electron chi connectivity index (χ2n) is 8.10. The van der Waals surface area contributed by atoms with Crippen LogP contribution in [0.3, 0.4) is 0 Å². The van der Waals surface area contributed by atoms with Crippen molar-refractivity contribution in [1.29, 1.82) is 0 Å². The maximum absolute atomic E-state index is 13.0. The van der Waals surface area contributed by atoms with E-state index in [1.165, 1.54) is 16.9 Å². The number of rotatable bonds is 5. The van der Waals surface area contributed by atoms with Crippen LogP contribution in [0.2, 0.25) is 0 Å². The molecule has 5 heteroatoms. The molecule has 29 heavy (non-hydrogen) atoms. The van der Waals surface area contributed by atoms with Crippen molar-refractivity contribution >= 4 is 22.9 Å². The fraction of sp³-hybridized carbons (Fsp3) is 0.333. The normalized spacial score (nSPS) is 11.4. The summed E-state index contributed by atoms with van der Waals surface area (Å²) in [6.07, 6.45) is 1.00. The molecule has 0 atom stereocenters. The van der Waals surface area contributed by atoms with E-state index in [1.807, 2.05) is 25.1 Å². The first-order chi connectivity index (χ1) is 13.7. The Kier molecular flexibility index (Phi) is 6.08. The summed E-state index contributed by atoms with van der Waals surface area (Å²) in [5, 5.41) is 3.87. The van der Waals surface area contributed by atoms with Gasteiger partial charge in [0.2, 0.25) is 0 Å². The zero-order valence-electron chi connectivity index (χ0n) is 17.9. The Labute approximate surface area is 177 Å². The van der Waals surface area contributed by atoms with Gasteiger partial charge in [0, 0.05) is 5.56 Å². The average Bonchev–Trinajstić information content (AvgIpc) is 3.09. The van der Waals surface area contributed by atoms with Gasteiger partial charge in [0.15, 0.2) is 0 Å². The second-order valence-corrected chi connectivity index (χ2v) is 9.10. The highest BCUT2D eigenvalue weighted by Gasteiger charge is 2.20. The number of anilines is 1. The van der Waals surface area contributed by atoms with E-state index >= 15 is 0 Å². The highest BCUT2D eigenvalue weighted by molar-refractivity contribution is 7.17. The van der Waals surface area contributed by atoms with Crippen LogP contribution in [0.4, 0.5) is 5.69 Å². The summed E-state index contributed by atoms with van der Waals surface area (Å²) in [7, 11) is 1.61. The van der Waals surface area contributed by atoms with Crippen LogP contribution in [0.15, 0.2) is 42.5 Å². The second kappa shape index (κ2) is 8.37. The predicted molar refractivity (Wildman–Crippen MR) is 121 cm³/mol. The van der Waals surface area contributed by atoms with Crippen LogP contribution in [0, 0.1) is 6.92 Å². The quantitative estimate of drug-likeness (QED) is 0.544. The van der Waals surface area contributed by atoms with Crippen LogP contribution in [0.5, 0.6) is 5.75 Å². The summed E-state index contributed by atoms with van der Waals surface area (Å²) in [6.45, 7) is 10.4. The van der Waals surface area contributed by atoms with Crippen molar-refractivity contribution in [3.05, 3.63) is 64.2 Å². The molecule has 0 aliphatic heterocycles. The van der Waals surface area contributed by atoms with Crippen LogP contribution < -0.4 is 10.1 Å². The molecule has 152 valence electrons. The molecule has 4 nitrogen and oxygen atoms in total. The van der Waals surface area contributed by atoms with Gasteiger partial charge in [-0.05, 0) is 42.0 Å². The van der Waals surface area contributed by atoms with E-state index in [-0.39, 0.29) is 11.3 Å². The third kappa shape index (κ3) is 4.67. The molecule has 0 unspecified atom stereocenters.